The molecule has 0 aromatic heterocycles. The van der Waals surface area contributed by atoms with Crippen LogP contribution < -0.4 is 5.32 Å². The molecule has 0 radical (unpaired) electrons. The number of nitrogens with zero attached hydrogens (tertiary/aromatic N) is 1. The summed E-state index contributed by atoms with van der Waals surface area (Å²) in [6.45, 7) is 5.91. The molecule has 3 aliphatic rings. The molecule has 1 N–H and O–H groups in total. The molecule has 0 aromatic rings. The molecule has 3 rings (SSSR count). The van der Waals surface area contributed by atoms with E-state index in [0.29, 0.717) is 0 Å². The molecular weight excluding hydrogens is 220 g/mol. The second-order valence-electron chi connectivity index (χ2n) is 6.84. The largest absolute Gasteiger partial charge is 0.314 e. The molecule has 1 saturated carbocycles. The Kier molecular flexibility index (Phi) is 3.95. The second-order valence-corrected chi connectivity index (χ2v) is 6.84. The van der Waals surface area contributed by atoms with Gasteiger partial charge in [0.25, 0.3) is 0 Å². The third-order valence-corrected chi connectivity index (χ3v) is 5.83. The molecule has 3 atom stereocenters. The summed E-state index contributed by atoms with van der Waals surface area (Å²) in [6, 6.07) is 3.44. The van der Waals surface area contributed by atoms with Crippen LogP contribution in [0.5, 0.6) is 0 Å². The Morgan fingerprint density at radius 1 is 1.06 bits per heavy atom. The second kappa shape index (κ2) is 5.50. The van der Waals surface area contributed by atoms with Crippen molar-refractivity contribution in [3.05, 3.63) is 0 Å². The topological polar surface area (TPSA) is 15.3 Å². The van der Waals surface area contributed by atoms with E-state index in [0.717, 1.165) is 36.6 Å². The van der Waals surface area contributed by atoms with Gasteiger partial charge in [-0.05, 0) is 57.9 Å². The number of rotatable bonds is 4. The van der Waals surface area contributed by atoms with Gasteiger partial charge in [0.2, 0.25) is 0 Å². The molecule has 2 aliphatic heterocycles. The number of fused-ring (bicyclic) bond motifs is 2. The van der Waals surface area contributed by atoms with Crippen LogP contribution in [0.2, 0.25) is 0 Å². The van der Waals surface area contributed by atoms with Crippen molar-refractivity contribution < 1.29 is 0 Å². The van der Waals surface area contributed by atoms with E-state index in [1.807, 2.05) is 0 Å². The molecule has 0 aromatic carbocycles. The Balaban J connectivity index is 1.64. The first-order valence-corrected chi connectivity index (χ1v) is 8.30. The van der Waals surface area contributed by atoms with Crippen molar-refractivity contribution in [2.24, 2.45) is 5.92 Å². The molecule has 2 saturated heterocycles. The van der Waals surface area contributed by atoms with E-state index in [9.17, 15) is 0 Å². The smallest absolute Gasteiger partial charge is 0.0116 e. The highest BCUT2D eigenvalue weighted by Crippen LogP contribution is 2.41. The zero-order valence-corrected chi connectivity index (χ0v) is 12.2. The van der Waals surface area contributed by atoms with Crippen LogP contribution >= 0.6 is 0 Å². The van der Waals surface area contributed by atoms with Gasteiger partial charge in [0, 0.05) is 24.2 Å². The quantitative estimate of drug-likeness (QED) is 0.824. The standard InChI is InChI=1S/C16H30N2/c1-3-17-14-10-15-8-9-16(11-14)18(15)12(2)13-6-4-5-7-13/h12-17H,3-11H2,1-2H3. The lowest BCUT2D eigenvalue weighted by atomic mass is 9.90. The summed E-state index contributed by atoms with van der Waals surface area (Å²) in [6.07, 6.45) is 11.7. The van der Waals surface area contributed by atoms with Crippen LogP contribution in [0.25, 0.3) is 0 Å². The summed E-state index contributed by atoms with van der Waals surface area (Å²) in [4.78, 5) is 2.93. The van der Waals surface area contributed by atoms with Gasteiger partial charge in [0.1, 0.15) is 0 Å². The maximum atomic E-state index is 3.69. The molecule has 2 heterocycles. The van der Waals surface area contributed by atoms with Crippen molar-refractivity contribution in [2.45, 2.75) is 89.4 Å². The molecule has 1 aliphatic carbocycles. The van der Waals surface area contributed by atoms with Crippen molar-refractivity contribution in [2.75, 3.05) is 6.54 Å². The Morgan fingerprint density at radius 2 is 1.67 bits per heavy atom. The van der Waals surface area contributed by atoms with Crippen LogP contribution in [0, 0.1) is 5.92 Å². The van der Waals surface area contributed by atoms with Crippen LogP contribution in [-0.2, 0) is 0 Å². The highest BCUT2D eigenvalue weighted by molar-refractivity contribution is 5.00. The fourth-order valence-electron chi connectivity index (χ4n) is 5.02. The maximum Gasteiger partial charge on any atom is 0.0116 e. The zero-order chi connectivity index (χ0) is 12.5. The average Bonchev–Trinajstić information content (AvgIpc) is 2.97. The predicted molar refractivity (Wildman–Crippen MR) is 76.8 cm³/mol. The van der Waals surface area contributed by atoms with Gasteiger partial charge in [-0.25, -0.2) is 0 Å². The summed E-state index contributed by atoms with van der Waals surface area (Å²) in [7, 11) is 0. The van der Waals surface area contributed by atoms with E-state index in [2.05, 4.69) is 24.1 Å². The molecule has 18 heavy (non-hydrogen) atoms. The Morgan fingerprint density at radius 3 is 2.22 bits per heavy atom. The van der Waals surface area contributed by atoms with Crippen molar-refractivity contribution in [3.63, 3.8) is 0 Å². The van der Waals surface area contributed by atoms with E-state index in [4.69, 9.17) is 0 Å². The van der Waals surface area contributed by atoms with E-state index < -0.39 is 0 Å². The van der Waals surface area contributed by atoms with Crippen molar-refractivity contribution >= 4 is 0 Å². The minimum Gasteiger partial charge on any atom is -0.314 e. The van der Waals surface area contributed by atoms with Gasteiger partial charge in [-0.3, -0.25) is 4.90 Å². The molecule has 2 bridgehead atoms. The monoisotopic (exact) mass is 250 g/mol. The fraction of sp³-hybridized carbons (Fsp3) is 1.00. The lowest BCUT2D eigenvalue weighted by Crippen LogP contribution is -2.53. The van der Waals surface area contributed by atoms with Crippen LogP contribution in [0.3, 0.4) is 0 Å². The van der Waals surface area contributed by atoms with E-state index in [1.54, 1.807) is 0 Å². The molecule has 0 spiro atoms. The predicted octanol–water partition coefficient (Wildman–Crippen LogP) is 3.17. The van der Waals surface area contributed by atoms with Gasteiger partial charge in [0.05, 0.1) is 0 Å². The Bertz CT molecular complexity index is 258. The van der Waals surface area contributed by atoms with Gasteiger partial charge in [-0.2, -0.15) is 0 Å². The maximum absolute atomic E-state index is 3.69. The fourth-order valence-corrected chi connectivity index (χ4v) is 5.02. The molecule has 104 valence electrons. The number of nitrogens with one attached hydrogen (secondary N) is 1. The molecule has 2 nitrogen and oxygen atoms in total. The summed E-state index contributed by atoms with van der Waals surface area (Å²) in [5, 5.41) is 3.69. The number of piperidine rings is 1. The van der Waals surface area contributed by atoms with Gasteiger partial charge < -0.3 is 5.32 Å². The van der Waals surface area contributed by atoms with E-state index >= 15 is 0 Å². The normalized spacial score (nSPS) is 39.3. The van der Waals surface area contributed by atoms with Crippen molar-refractivity contribution in [1.82, 2.24) is 10.2 Å². The molecule has 3 unspecified atom stereocenters. The molecule has 2 heteroatoms. The van der Waals surface area contributed by atoms with Gasteiger partial charge in [0.15, 0.2) is 0 Å². The Hall–Kier alpha value is -0.0800. The lowest BCUT2D eigenvalue weighted by Gasteiger charge is -2.44. The summed E-state index contributed by atoms with van der Waals surface area (Å²) in [5.74, 6) is 1.00. The molecule has 0 amide bonds. The van der Waals surface area contributed by atoms with E-state index in [-0.39, 0.29) is 0 Å². The first kappa shape index (κ1) is 12.9. The SMILES string of the molecule is CCNC1CC2CCC(C1)N2C(C)C1CCCC1. The number of hydrogen-bond donors (Lipinski definition) is 1. The average molecular weight is 250 g/mol. The van der Waals surface area contributed by atoms with Gasteiger partial charge >= 0.3 is 0 Å². The molecular formula is C16H30N2. The van der Waals surface area contributed by atoms with Crippen LogP contribution in [0.4, 0.5) is 0 Å². The van der Waals surface area contributed by atoms with Crippen molar-refractivity contribution in [1.29, 1.82) is 0 Å². The van der Waals surface area contributed by atoms with E-state index in [1.165, 1.54) is 51.4 Å². The molecule has 3 fully saturated rings. The highest BCUT2D eigenvalue weighted by atomic mass is 15.3. The first-order valence-electron chi connectivity index (χ1n) is 8.30. The summed E-state index contributed by atoms with van der Waals surface area (Å²) >= 11 is 0. The highest BCUT2D eigenvalue weighted by Gasteiger charge is 2.44. The van der Waals surface area contributed by atoms with Crippen molar-refractivity contribution in [3.8, 4) is 0 Å². The van der Waals surface area contributed by atoms with Gasteiger partial charge in [-0.1, -0.05) is 19.8 Å². The third kappa shape index (κ3) is 2.34. The summed E-state index contributed by atoms with van der Waals surface area (Å²) in [5.41, 5.74) is 0. The number of hydrogen-bond acceptors (Lipinski definition) is 2. The minimum atomic E-state index is 0.805. The first-order chi connectivity index (χ1) is 8.79. The van der Waals surface area contributed by atoms with Crippen LogP contribution in [0.1, 0.15) is 65.2 Å². The van der Waals surface area contributed by atoms with Crippen LogP contribution in [0.15, 0.2) is 0 Å². The third-order valence-electron chi connectivity index (χ3n) is 5.83. The van der Waals surface area contributed by atoms with Crippen LogP contribution in [-0.4, -0.2) is 35.6 Å². The minimum absolute atomic E-state index is 0.805. The lowest BCUT2D eigenvalue weighted by molar-refractivity contribution is 0.0508. The Labute approximate surface area is 113 Å². The zero-order valence-electron chi connectivity index (χ0n) is 12.2. The summed E-state index contributed by atoms with van der Waals surface area (Å²) < 4.78 is 0. The van der Waals surface area contributed by atoms with Gasteiger partial charge in [-0.15, -0.1) is 0 Å².